The van der Waals surface area contributed by atoms with Crippen LogP contribution in [0.2, 0.25) is 0 Å². The Morgan fingerprint density at radius 2 is 1.82 bits per heavy atom. The van der Waals surface area contributed by atoms with Gasteiger partial charge in [-0.1, -0.05) is 6.07 Å². The normalized spacial score (nSPS) is 20.1. The lowest BCUT2D eigenvalue weighted by Gasteiger charge is -2.47. The number of carbonyl (C=O) groups is 2. The monoisotopic (exact) mass is 462 g/mol. The summed E-state index contributed by atoms with van der Waals surface area (Å²) in [6, 6.07) is 16.9. The van der Waals surface area contributed by atoms with E-state index in [0.717, 1.165) is 24.2 Å². The molecular formula is C27H27FN2O4. The second-order valence-corrected chi connectivity index (χ2v) is 8.91. The average Bonchev–Trinajstić information content (AvgIpc) is 3.37. The van der Waals surface area contributed by atoms with Crippen molar-refractivity contribution < 1.29 is 23.1 Å². The largest absolute Gasteiger partial charge is 0.497 e. The van der Waals surface area contributed by atoms with Crippen LogP contribution < -0.4 is 4.74 Å². The molecule has 0 unspecified atom stereocenters. The van der Waals surface area contributed by atoms with Crippen molar-refractivity contribution in [2.75, 3.05) is 26.7 Å². The molecule has 0 aliphatic carbocycles. The van der Waals surface area contributed by atoms with E-state index in [1.165, 1.54) is 12.1 Å². The van der Waals surface area contributed by atoms with E-state index in [2.05, 4.69) is 0 Å². The maximum absolute atomic E-state index is 13.6. The molecule has 176 valence electrons. The number of methoxy groups -OCH3 is 1. The van der Waals surface area contributed by atoms with Crippen LogP contribution in [-0.2, 0) is 0 Å². The van der Waals surface area contributed by atoms with E-state index >= 15 is 0 Å². The predicted molar refractivity (Wildman–Crippen MR) is 125 cm³/mol. The Hall–Kier alpha value is -3.61. The maximum atomic E-state index is 13.6. The molecule has 0 radical (unpaired) electrons. The summed E-state index contributed by atoms with van der Waals surface area (Å²) in [5.74, 6) is 1.23. The number of benzene rings is 2. The minimum absolute atomic E-state index is 0.0624. The van der Waals surface area contributed by atoms with Crippen molar-refractivity contribution in [2.45, 2.75) is 25.3 Å². The highest BCUT2D eigenvalue weighted by Crippen LogP contribution is 2.33. The number of ether oxygens (including phenoxy) is 1. The number of carbonyl (C=O) groups excluding carboxylic acids is 2. The number of fused-ring (bicyclic) bond motifs is 1. The van der Waals surface area contributed by atoms with Gasteiger partial charge in [-0.25, -0.2) is 4.39 Å². The fourth-order valence-corrected chi connectivity index (χ4v) is 5.15. The lowest BCUT2D eigenvalue weighted by Crippen LogP contribution is -2.56. The topological polar surface area (TPSA) is 63.0 Å². The van der Waals surface area contributed by atoms with Gasteiger partial charge in [0.2, 0.25) is 0 Å². The van der Waals surface area contributed by atoms with Gasteiger partial charge < -0.3 is 19.0 Å². The van der Waals surface area contributed by atoms with Crippen LogP contribution in [0.3, 0.4) is 0 Å². The van der Waals surface area contributed by atoms with Crippen LogP contribution in [0, 0.1) is 11.7 Å². The molecule has 1 aromatic heterocycles. The van der Waals surface area contributed by atoms with Gasteiger partial charge in [-0.15, -0.1) is 0 Å². The second kappa shape index (κ2) is 9.33. The van der Waals surface area contributed by atoms with Gasteiger partial charge in [0, 0.05) is 36.8 Å². The Morgan fingerprint density at radius 3 is 2.59 bits per heavy atom. The number of likely N-dealkylation sites (tertiary alicyclic amines) is 2. The van der Waals surface area contributed by atoms with Crippen LogP contribution in [0.4, 0.5) is 4.39 Å². The summed E-state index contributed by atoms with van der Waals surface area (Å²) in [4.78, 5) is 30.0. The van der Waals surface area contributed by atoms with Crippen LogP contribution in [-0.4, -0.2) is 54.4 Å². The summed E-state index contributed by atoms with van der Waals surface area (Å²) < 4.78 is 24.7. The third-order valence-electron chi connectivity index (χ3n) is 6.88. The van der Waals surface area contributed by atoms with Crippen LogP contribution in [0.5, 0.6) is 5.75 Å². The maximum Gasteiger partial charge on any atom is 0.289 e. The van der Waals surface area contributed by atoms with Gasteiger partial charge in [0.15, 0.2) is 5.76 Å². The van der Waals surface area contributed by atoms with Gasteiger partial charge in [-0.3, -0.25) is 9.59 Å². The molecule has 2 atom stereocenters. The summed E-state index contributed by atoms with van der Waals surface area (Å²) in [5, 5.41) is 0. The molecule has 2 saturated heterocycles. The molecule has 2 fully saturated rings. The van der Waals surface area contributed by atoms with E-state index in [9.17, 15) is 14.0 Å². The van der Waals surface area contributed by atoms with Gasteiger partial charge in [-0.2, -0.15) is 0 Å². The van der Waals surface area contributed by atoms with E-state index in [4.69, 9.17) is 9.15 Å². The number of rotatable bonds is 4. The Kier molecular flexibility index (Phi) is 6.09. The molecule has 3 heterocycles. The Morgan fingerprint density at radius 1 is 1.00 bits per heavy atom. The van der Waals surface area contributed by atoms with Crippen molar-refractivity contribution in [2.24, 2.45) is 5.92 Å². The molecule has 2 aliphatic rings. The SMILES string of the molecule is COc1ccc(-c2ccc(C(=O)N3CCC[C@@H]4CN(C(=O)c5cccc(F)c5)CC[C@@H]43)o2)cc1. The molecule has 3 aromatic rings. The van der Waals surface area contributed by atoms with Crippen LogP contribution >= 0.6 is 0 Å². The molecule has 2 aromatic carbocycles. The zero-order chi connectivity index (χ0) is 23.7. The Balaban J connectivity index is 1.28. The molecule has 7 heteroatoms. The zero-order valence-electron chi connectivity index (χ0n) is 19.1. The number of amides is 2. The summed E-state index contributed by atoms with van der Waals surface area (Å²) in [7, 11) is 1.62. The summed E-state index contributed by atoms with van der Waals surface area (Å²) in [6.45, 7) is 1.78. The summed E-state index contributed by atoms with van der Waals surface area (Å²) >= 11 is 0. The first-order chi connectivity index (χ1) is 16.5. The van der Waals surface area contributed by atoms with Crippen LogP contribution in [0.15, 0.2) is 65.1 Å². The summed E-state index contributed by atoms with van der Waals surface area (Å²) in [6.07, 6.45) is 2.53. The van der Waals surface area contributed by atoms with Crippen LogP contribution in [0.1, 0.15) is 40.2 Å². The number of piperidine rings is 2. The molecule has 0 bridgehead atoms. The first kappa shape index (κ1) is 22.2. The lowest BCUT2D eigenvalue weighted by molar-refractivity contribution is 0.0180. The molecule has 0 saturated carbocycles. The van der Waals surface area contributed by atoms with Crippen LogP contribution in [0.25, 0.3) is 11.3 Å². The molecule has 0 spiro atoms. The molecule has 2 aliphatic heterocycles. The number of hydrogen-bond donors (Lipinski definition) is 0. The first-order valence-corrected chi connectivity index (χ1v) is 11.6. The average molecular weight is 463 g/mol. The molecule has 6 nitrogen and oxygen atoms in total. The number of furan rings is 1. The highest BCUT2D eigenvalue weighted by atomic mass is 19.1. The predicted octanol–water partition coefficient (Wildman–Crippen LogP) is 4.86. The van der Waals surface area contributed by atoms with E-state index in [1.54, 1.807) is 30.2 Å². The zero-order valence-corrected chi connectivity index (χ0v) is 19.1. The van der Waals surface area contributed by atoms with Crippen molar-refractivity contribution in [3.8, 4) is 17.1 Å². The van der Waals surface area contributed by atoms with Gasteiger partial charge in [0.25, 0.3) is 11.8 Å². The standard InChI is InChI=1S/C27H27FN2O4/c1-33-22-9-7-18(8-10-22)24-11-12-25(34-24)27(32)30-14-3-5-20-17-29(15-13-23(20)30)26(31)19-4-2-6-21(28)16-19/h2,4,6-12,16,20,23H,3,5,13-15,17H2,1H3/t20-,23+/m1/s1. The highest BCUT2D eigenvalue weighted by molar-refractivity contribution is 5.94. The fraction of sp³-hybridized carbons (Fsp3) is 0.333. The smallest absolute Gasteiger partial charge is 0.289 e. The van der Waals surface area contributed by atoms with Gasteiger partial charge in [-0.05, 0) is 79.8 Å². The lowest BCUT2D eigenvalue weighted by atomic mass is 9.83. The molecule has 2 amide bonds. The van der Waals surface area contributed by atoms with E-state index in [0.29, 0.717) is 43.1 Å². The number of nitrogens with zero attached hydrogens (tertiary/aromatic N) is 2. The minimum Gasteiger partial charge on any atom is -0.497 e. The quantitative estimate of drug-likeness (QED) is 0.556. The van der Waals surface area contributed by atoms with Crippen molar-refractivity contribution >= 4 is 11.8 Å². The molecular weight excluding hydrogens is 435 g/mol. The van der Waals surface area contributed by atoms with Crippen molar-refractivity contribution in [3.05, 3.63) is 77.8 Å². The van der Waals surface area contributed by atoms with Crippen molar-refractivity contribution in [3.63, 3.8) is 0 Å². The van der Waals surface area contributed by atoms with Crippen molar-refractivity contribution in [1.29, 1.82) is 0 Å². The minimum atomic E-state index is -0.414. The van der Waals surface area contributed by atoms with E-state index in [-0.39, 0.29) is 23.8 Å². The molecule has 34 heavy (non-hydrogen) atoms. The first-order valence-electron chi connectivity index (χ1n) is 11.6. The number of hydrogen-bond acceptors (Lipinski definition) is 4. The Bertz CT molecular complexity index is 1190. The third-order valence-corrected chi connectivity index (χ3v) is 6.88. The summed E-state index contributed by atoms with van der Waals surface area (Å²) in [5.41, 5.74) is 1.24. The van der Waals surface area contributed by atoms with E-state index < -0.39 is 5.82 Å². The Labute approximate surface area is 197 Å². The van der Waals surface area contributed by atoms with Crippen molar-refractivity contribution in [1.82, 2.24) is 9.80 Å². The molecule has 5 rings (SSSR count). The van der Waals surface area contributed by atoms with E-state index in [1.807, 2.05) is 35.2 Å². The van der Waals surface area contributed by atoms with Gasteiger partial charge >= 0.3 is 0 Å². The van der Waals surface area contributed by atoms with Gasteiger partial charge in [0.1, 0.15) is 17.3 Å². The van der Waals surface area contributed by atoms with Gasteiger partial charge in [0.05, 0.1) is 7.11 Å². The number of halogens is 1. The second-order valence-electron chi connectivity index (χ2n) is 8.91. The highest BCUT2D eigenvalue weighted by Gasteiger charge is 2.40. The third kappa shape index (κ3) is 4.30. The molecule has 0 N–H and O–H groups in total. The fourth-order valence-electron chi connectivity index (χ4n) is 5.15.